The average molecular weight is 272 g/mol. The predicted molar refractivity (Wildman–Crippen MR) is 77.1 cm³/mol. The minimum Gasteiger partial charge on any atom is -0.316 e. The Balaban J connectivity index is 2.70. The highest BCUT2D eigenvalue weighted by molar-refractivity contribution is 6.35. The number of likely N-dealkylation sites (N-methyl/N-ethyl adjacent to an activating group) is 1. The molecule has 1 atom stereocenters. The van der Waals surface area contributed by atoms with E-state index in [2.05, 4.69) is 18.8 Å². The van der Waals surface area contributed by atoms with Gasteiger partial charge in [0.25, 0.3) is 0 Å². The van der Waals surface area contributed by atoms with Gasteiger partial charge in [0.1, 0.15) is 0 Å². The van der Waals surface area contributed by atoms with Crippen LogP contribution in [0.3, 0.4) is 0 Å². The van der Waals surface area contributed by atoms with E-state index in [1.807, 2.05) is 19.2 Å². The Hall–Kier alpha value is -0.500. The highest BCUT2D eigenvalue weighted by Gasteiger charge is 2.11. The molecule has 1 unspecified atom stereocenters. The molecule has 0 aliphatic heterocycles. The van der Waals surface area contributed by atoms with E-state index < -0.39 is 0 Å². The van der Waals surface area contributed by atoms with Crippen LogP contribution in [0, 0.1) is 0 Å². The van der Waals surface area contributed by atoms with Gasteiger partial charge < -0.3 is 5.32 Å². The molecule has 1 aromatic carbocycles. The van der Waals surface area contributed by atoms with E-state index in [4.69, 9.17) is 23.2 Å². The maximum atomic E-state index is 6.17. The van der Waals surface area contributed by atoms with Crippen LogP contribution in [0.5, 0.6) is 0 Å². The minimum atomic E-state index is 0.376. The lowest BCUT2D eigenvalue weighted by Crippen LogP contribution is -2.28. The zero-order valence-electron chi connectivity index (χ0n) is 10.4. The summed E-state index contributed by atoms with van der Waals surface area (Å²) in [5.41, 5.74) is 2.38. The fourth-order valence-electron chi connectivity index (χ4n) is 1.72. The molecule has 0 amide bonds. The molecule has 0 aliphatic carbocycles. The quantitative estimate of drug-likeness (QED) is 0.753. The van der Waals surface area contributed by atoms with Crippen LogP contribution in [0.4, 0.5) is 0 Å². The van der Waals surface area contributed by atoms with Crippen molar-refractivity contribution in [2.75, 3.05) is 7.05 Å². The van der Waals surface area contributed by atoms with Crippen molar-refractivity contribution in [3.63, 3.8) is 0 Å². The second kappa shape index (κ2) is 7.05. The summed E-state index contributed by atoms with van der Waals surface area (Å²) in [6.07, 6.45) is 2.89. The van der Waals surface area contributed by atoms with Crippen molar-refractivity contribution in [2.24, 2.45) is 0 Å². The Morgan fingerprint density at radius 3 is 2.65 bits per heavy atom. The molecule has 0 saturated heterocycles. The average Bonchev–Trinajstić information content (AvgIpc) is 2.31. The summed E-state index contributed by atoms with van der Waals surface area (Å²) in [4.78, 5) is 0. The molecular weight excluding hydrogens is 253 g/mol. The van der Waals surface area contributed by atoms with Crippen molar-refractivity contribution >= 4 is 23.2 Å². The topological polar surface area (TPSA) is 12.0 Å². The van der Waals surface area contributed by atoms with Crippen LogP contribution in [0.1, 0.15) is 25.3 Å². The molecule has 1 nitrogen and oxygen atoms in total. The fraction of sp³-hybridized carbons (Fsp3) is 0.429. The maximum absolute atomic E-state index is 6.17. The van der Waals surface area contributed by atoms with Gasteiger partial charge in [-0.3, -0.25) is 0 Å². The van der Waals surface area contributed by atoms with Crippen molar-refractivity contribution in [2.45, 2.75) is 32.2 Å². The first kappa shape index (κ1) is 14.6. The van der Waals surface area contributed by atoms with Crippen molar-refractivity contribution in [1.82, 2.24) is 5.32 Å². The maximum Gasteiger partial charge on any atom is 0.0453 e. The largest absolute Gasteiger partial charge is 0.316 e. The van der Waals surface area contributed by atoms with Gasteiger partial charge in [0.2, 0.25) is 0 Å². The van der Waals surface area contributed by atoms with Crippen LogP contribution in [-0.2, 0) is 6.42 Å². The van der Waals surface area contributed by atoms with Crippen LogP contribution in [0.25, 0.3) is 0 Å². The molecule has 94 valence electrons. The second-order valence-electron chi connectivity index (χ2n) is 4.23. The summed E-state index contributed by atoms with van der Waals surface area (Å²) in [5.74, 6) is 0. The Labute approximate surface area is 114 Å². The van der Waals surface area contributed by atoms with E-state index in [0.717, 1.165) is 29.8 Å². The second-order valence-corrected chi connectivity index (χ2v) is 5.08. The molecule has 0 bridgehead atoms. The number of halogens is 2. The van der Waals surface area contributed by atoms with E-state index in [0.29, 0.717) is 11.1 Å². The smallest absolute Gasteiger partial charge is 0.0453 e. The third-order valence-corrected chi connectivity index (χ3v) is 3.51. The minimum absolute atomic E-state index is 0.376. The number of nitrogens with one attached hydrogen (secondary N) is 1. The van der Waals surface area contributed by atoms with Gasteiger partial charge in [-0.1, -0.05) is 48.3 Å². The summed E-state index contributed by atoms with van der Waals surface area (Å²) in [7, 11) is 1.97. The lowest BCUT2D eigenvalue weighted by molar-refractivity contribution is 0.549. The highest BCUT2D eigenvalue weighted by Crippen LogP contribution is 2.23. The molecule has 1 N–H and O–H groups in total. The number of rotatable bonds is 6. The number of hydrogen-bond acceptors (Lipinski definition) is 1. The fourth-order valence-corrected chi connectivity index (χ4v) is 2.21. The van der Waals surface area contributed by atoms with Gasteiger partial charge in [0, 0.05) is 16.1 Å². The summed E-state index contributed by atoms with van der Waals surface area (Å²) >= 11 is 12.0. The molecule has 1 aromatic rings. The molecule has 0 fully saturated rings. The van der Waals surface area contributed by atoms with Crippen molar-refractivity contribution < 1.29 is 0 Å². The van der Waals surface area contributed by atoms with E-state index in [1.54, 1.807) is 6.07 Å². The highest BCUT2D eigenvalue weighted by atomic mass is 35.5. The van der Waals surface area contributed by atoms with Crippen molar-refractivity contribution in [1.29, 1.82) is 0 Å². The van der Waals surface area contributed by atoms with E-state index in [9.17, 15) is 0 Å². The molecule has 17 heavy (non-hydrogen) atoms. The first-order valence-corrected chi connectivity index (χ1v) is 6.60. The molecule has 0 aliphatic rings. The Kier molecular flexibility index (Phi) is 6.04. The lowest BCUT2D eigenvalue weighted by atomic mass is 9.99. The molecular formula is C14H19Cl2N. The van der Waals surface area contributed by atoms with Crippen LogP contribution in [0.2, 0.25) is 10.0 Å². The molecule has 3 heteroatoms. The standard InChI is InChI=1S/C14H19Cl2N/c1-4-10(2)7-13(17-3)8-11-5-6-12(15)9-14(11)16/h5-6,9,13,17H,2,4,7-8H2,1,3H3. The summed E-state index contributed by atoms with van der Waals surface area (Å²) in [6.45, 7) is 6.17. The molecule has 0 spiro atoms. The molecule has 1 rings (SSSR count). The lowest BCUT2D eigenvalue weighted by Gasteiger charge is -2.18. The van der Waals surface area contributed by atoms with Gasteiger partial charge in [-0.05, 0) is 44.0 Å². The van der Waals surface area contributed by atoms with E-state index >= 15 is 0 Å². The zero-order chi connectivity index (χ0) is 12.8. The van der Waals surface area contributed by atoms with E-state index in [1.165, 1.54) is 5.57 Å². The van der Waals surface area contributed by atoms with Crippen LogP contribution in [0.15, 0.2) is 30.4 Å². The number of hydrogen-bond donors (Lipinski definition) is 1. The Morgan fingerprint density at radius 1 is 1.41 bits per heavy atom. The molecule has 0 heterocycles. The van der Waals surface area contributed by atoms with Gasteiger partial charge in [0.15, 0.2) is 0 Å². The van der Waals surface area contributed by atoms with Gasteiger partial charge in [-0.15, -0.1) is 0 Å². The normalized spacial score (nSPS) is 12.5. The zero-order valence-corrected chi connectivity index (χ0v) is 11.9. The third-order valence-electron chi connectivity index (χ3n) is 2.92. The molecule has 0 saturated carbocycles. The summed E-state index contributed by atoms with van der Waals surface area (Å²) < 4.78 is 0. The van der Waals surface area contributed by atoms with Gasteiger partial charge in [0.05, 0.1) is 0 Å². The Bertz CT molecular complexity index is 388. The van der Waals surface area contributed by atoms with E-state index in [-0.39, 0.29) is 0 Å². The van der Waals surface area contributed by atoms with Crippen molar-refractivity contribution in [3.05, 3.63) is 46.0 Å². The van der Waals surface area contributed by atoms with Crippen LogP contribution in [-0.4, -0.2) is 13.1 Å². The number of benzene rings is 1. The molecule has 0 aromatic heterocycles. The van der Waals surface area contributed by atoms with Gasteiger partial charge >= 0.3 is 0 Å². The van der Waals surface area contributed by atoms with Crippen molar-refractivity contribution in [3.8, 4) is 0 Å². The van der Waals surface area contributed by atoms with Gasteiger partial charge in [-0.25, -0.2) is 0 Å². The van der Waals surface area contributed by atoms with Crippen LogP contribution >= 0.6 is 23.2 Å². The molecule has 0 radical (unpaired) electrons. The summed E-state index contributed by atoms with van der Waals surface area (Å²) in [5, 5.41) is 4.72. The first-order valence-electron chi connectivity index (χ1n) is 5.84. The first-order chi connectivity index (χ1) is 8.06. The monoisotopic (exact) mass is 271 g/mol. The predicted octanol–water partition coefficient (Wildman–Crippen LogP) is 4.48. The van der Waals surface area contributed by atoms with Gasteiger partial charge in [-0.2, -0.15) is 0 Å². The Morgan fingerprint density at radius 2 is 2.12 bits per heavy atom. The summed E-state index contributed by atoms with van der Waals surface area (Å²) in [6, 6.07) is 6.04. The van der Waals surface area contributed by atoms with Crippen LogP contribution < -0.4 is 5.32 Å². The third kappa shape index (κ3) is 4.71. The SMILES string of the molecule is C=C(CC)CC(Cc1ccc(Cl)cc1Cl)NC.